The van der Waals surface area contributed by atoms with Crippen LogP contribution in [-0.4, -0.2) is 23.4 Å². The maximum Gasteiger partial charge on any atom is 0.349 e. The zero-order valence-corrected chi connectivity index (χ0v) is 14.0. The van der Waals surface area contributed by atoms with Crippen LogP contribution < -0.4 is 0 Å². The topological polar surface area (TPSA) is 20.3 Å². The number of carbonyl (C=O) groups excluding carboxylic acids is 1. The molecule has 1 fully saturated rings. The van der Waals surface area contributed by atoms with Gasteiger partial charge in [0.2, 0.25) is 0 Å². The maximum absolute atomic E-state index is 14.6. The molecule has 22 heavy (non-hydrogen) atoms. The Bertz CT molecular complexity index is 537. The van der Waals surface area contributed by atoms with E-state index in [-0.39, 0.29) is 17.0 Å². The molecule has 0 radical (unpaired) electrons. The van der Waals surface area contributed by atoms with Gasteiger partial charge in [-0.05, 0) is 36.8 Å². The molecule has 1 heterocycles. The molecule has 1 aliphatic heterocycles. The molecule has 1 aromatic rings. The third-order valence-corrected chi connectivity index (χ3v) is 4.49. The van der Waals surface area contributed by atoms with Crippen LogP contribution in [-0.2, 0) is 10.7 Å². The number of nitrogens with zero attached hydrogens (tertiary/aromatic N) is 1. The van der Waals surface area contributed by atoms with Crippen molar-refractivity contribution in [1.29, 1.82) is 0 Å². The van der Waals surface area contributed by atoms with E-state index in [1.807, 2.05) is 20.8 Å². The van der Waals surface area contributed by atoms with Gasteiger partial charge in [0.15, 0.2) is 0 Å². The van der Waals surface area contributed by atoms with Crippen LogP contribution in [0.3, 0.4) is 0 Å². The fraction of sp³-hybridized carbons (Fsp3) is 0.588. The van der Waals surface area contributed by atoms with Gasteiger partial charge in [0.25, 0.3) is 5.91 Å². The van der Waals surface area contributed by atoms with E-state index >= 15 is 0 Å². The van der Waals surface area contributed by atoms with E-state index in [4.69, 9.17) is 11.6 Å². The van der Waals surface area contributed by atoms with Crippen LogP contribution in [0.25, 0.3) is 0 Å². The molecule has 0 saturated carbocycles. The van der Waals surface area contributed by atoms with Crippen molar-refractivity contribution in [3.05, 3.63) is 34.9 Å². The lowest BCUT2D eigenvalue weighted by Gasteiger charge is -2.44. The monoisotopic (exact) mass is 329 g/mol. The summed E-state index contributed by atoms with van der Waals surface area (Å²) in [5.41, 5.74) is -0.522. The van der Waals surface area contributed by atoms with Crippen molar-refractivity contribution in [3.63, 3.8) is 0 Å². The van der Waals surface area contributed by atoms with Crippen LogP contribution in [0, 0.1) is 5.41 Å². The molecule has 0 aromatic heterocycles. The lowest BCUT2D eigenvalue weighted by atomic mass is 9.80. The van der Waals surface area contributed by atoms with E-state index in [2.05, 4.69) is 0 Å². The zero-order valence-electron chi connectivity index (χ0n) is 13.2. The van der Waals surface area contributed by atoms with Crippen molar-refractivity contribution < 1.29 is 13.6 Å². The summed E-state index contributed by atoms with van der Waals surface area (Å²) in [4.78, 5) is 13.9. The first-order chi connectivity index (χ1) is 10.1. The normalized spacial score (nSPS) is 20.1. The summed E-state index contributed by atoms with van der Waals surface area (Å²) >= 11 is 5.73. The van der Waals surface area contributed by atoms with E-state index in [9.17, 15) is 13.6 Å². The number of benzene rings is 1. The molecule has 0 N–H and O–H groups in total. The second-order valence-corrected chi connectivity index (χ2v) is 7.39. The van der Waals surface area contributed by atoms with Crippen LogP contribution in [0.2, 0.25) is 5.02 Å². The number of hydrogen-bond donors (Lipinski definition) is 0. The summed E-state index contributed by atoms with van der Waals surface area (Å²) < 4.78 is 29.2. The average Bonchev–Trinajstić information content (AvgIpc) is 2.46. The Morgan fingerprint density at radius 3 is 2.32 bits per heavy atom. The molecule has 2 nitrogen and oxygen atoms in total. The minimum Gasteiger partial charge on any atom is -0.334 e. The van der Waals surface area contributed by atoms with Crippen molar-refractivity contribution in [2.24, 2.45) is 5.41 Å². The zero-order chi connectivity index (χ0) is 16.5. The standard InChI is InChI=1S/C17H22ClF2NO/c1-16(2,3)14-6-4-5-11-21(14)15(22)17(19,20)12-7-9-13(18)10-8-12/h7-10,14H,4-6,11H2,1-3H3. The summed E-state index contributed by atoms with van der Waals surface area (Å²) in [5, 5.41) is 0.373. The van der Waals surface area contributed by atoms with Gasteiger partial charge < -0.3 is 4.90 Å². The Balaban J connectivity index is 2.29. The molecule has 1 aromatic carbocycles. The molecule has 0 bridgehead atoms. The van der Waals surface area contributed by atoms with E-state index in [0.29, 0.717) is 11.6 Å². The van der Waals surface area contributed by atoms with Crippen molar-refractivity contribution in [2.75, 3.05) is 6.54 Å². The minimum absolute atomic E-state index is 0.160. The molecule has 1 unspecified atom stereocenters. The third kappa shape index (κ3) is 3.43. The van der Waals surface area contributed by atoms with Crippen molar-refractivity contribution in [1.82, 2.24) is 4.90 Å². The largest absolute Gasteiger partial charge is 0.349 e. The second-order valence-electron chi connectivity index (χ2n) is 6.96. The fourth-order valence-electron chi connectivity index (χ4n) is 3.04. The summed E-state index contributed by atoms with van der Waals surface area (Å²) in [7, 11) is 0. The Morgan fingerprint density at radius 1 is 1.18 bits per heavy atom. The summed E-state index contributed by atoms with van der Waals surface area (Å²) in [5.74, 6) is -4.62. The Hall–Kier alpha value is -1.16. The average molecular weight is 330 g/mol. The predicted molar refractivity (Wildman–Crippen MR) is 84.2 cm³/mol. The number of amides is 1. The van der Waals surface area contributed by atoms with Crippen molar-refractivity contribution >= 4 is 17.5 Å². The van der Waals surface area contributed by atoms with Gasteiger partial charge in [-0.15, -0.1) is 0 Å². The molecule has 1 saturated heterocycles. The first kappa shape index (κ1) is 17.2. The highest BCUT2D eigenvalue weighted by molar-refractivity contribution is 6.30. The predicted octanol–water partition coefficient (Wildman–Crippen LogP) is 4.86. The number of halogens is 3. The number of piperidine rings is 1. The van der Waals surface area contributed by atoms with E-state index in [1.54, 1.807) is 0 Å². The van der Waals surface area contributed by atoms with E-state index in [0.717, 1.165) is 19.3 Å². The molecule has 122 valence electrons. The Kier molecular flexibility index (Phi) is 4.81. The number of carbonyl (C=O) groups is 1. The van der Waals surface area contributed by atoms with Gasteiger partial charge in [-0.25, -0.2) is 0 Å². The minimum atomic E-state index is -3.52. The van der Waals surface area contributed by atoms with Crippen LogP contribution in [0.5, 0.6) is 0 Å². The van der Waals surface area contributed by atoms with Crippen molar-refractivity contribution in [3.8, 4) is 0 Å². The maximum atomic E-state index is 14.6. The molecule has 1 atom stereocenters. The van der Waals surface area contributed by atoms with E-state index < -0.39 is 11.8 Å². The second kappa shape index (κ2) is 6.15. The number of likely N-dealkylation sites (tertiary alicyclic amines) is 1. The highest BCUT2D eigenvalue weighted by atomic mass is 35.5. The quantitative estimate of drug-likeness (QED) is 0.758. The first-order valence-corrected chi connectivity index (χ1v) is 7.97. The van der Waals surface area contributed by atoms with Gasteiger partial charge in [0.05, 0.1) is 0 Å². The SMILES string of the molecule is CC(C)(C)C1CCCCN1C(=O)C(F)(F)c1ccc(Cl)cc1. The third-order valence-electron chi connectivity index (χ3n) is 4.24. The molecule has 0 spiro atoms. The van der Waals surface area contributed by atoms with Gasteiger partial charge in [0.1, 0.15) is 0 Å². The molecular formula is C17H22ClF2NO. The highest BCUT2D eigenvalue weighted by Gasteiger charge is 2.48. The fourth-order valence-corrected chi connectivity index (χ4v) is 3.16. The van der Waals surface area contributed by atoms with Crippen LogP contribution >= 0.6 is 11.6 Å². The molecule has 2 rings (SSSR count). The molecular weight excluding hydrogens is 308 g/mol. The Morgan fingerprint density at radius 2 is 1.77 bits per heavy atom. The molecule has 0 aliphatic carbocycles. The smallest absolute Gasteiger partial charge is 0.334 e. The summed E-state index contributed by atoms with van der Waals surface area (Å²) in [6.45, 7) is 6.36. The Labute approximate surface area is 135 Å². The van der Waals surface area contributed by atoms with Crippen LogP contribution in [0.4, 0.5) is 8.78 Å². The van der Waals surface area contributed by atoms with Gasteiger partial charge in [-0.1, -0.05) is 44.5 Å². The van der Waals surface area contributed by atoms with Crippen LogP contribution in [0.15, 0.2) is 24.3 Å². The summed E-state index contributed by atoms with van der Waals surface area (Å²) in [6.07, 6.45) is 2.51. The highest BCUT2D eigenvalue weighted by Crippen LogP contribution is 2.37. The van der Waals surface area contributed by atoms with Crippen LogP contribution in [0.1, 0.15) is 45.6 Å². The van der Waals surface area contributed by atoms with Gasteiger partial charge in [0, 0.05) is 23.2 Å². The van der Waals surface area contributed by atoms with Gasteiger partial charge >= 0.3 is 5.92 Å². The number of hydrogen-bond acceptors (Lipinski definition) is 1. The molecule has 1 aliphatic rings. The van der Waals surface area contributed by atoms with E-state index in [1.165, 1.54) is 29.2 Å². The van der Waals surface area contributed by atoms with Gasteiger partial charge in [-0.2, -0.15) is 8.78 Å². The molecule has 5 heteroatoms. The number of rotatable bonds is 2. The summed E-state index contributed by atoms with van der Waals surface area (Å²) in [6, 6.07) is 5.05. The lowest BCUT2D eigenvalue weighted by Crippen LogP contribution is -2.54. The van der Waals surface area contributed by atoms with Gasteiger partial charge in [-0.3, -0.25) is 4.79 Å². The number of alkyl halides is 2. The lowest BCUT2D eigenvalue weighted by molar-refractivity contribution is -0.165. The first-order valence-electron chi connectivity index (χ1n) is 7.59. The van der Waals surface area contributed by atoms with Crippen molar-refractivity contribution in [2.45, 2.75) is 52.0 Å². The molecule has 1 amide bonds.